The molecule has 19 heavy (non-hydrogen) atoms. The maximum atomic E-state index is 4.32. The molecule has 0 aromatic carbocycles. The molecule has 1 aliphatic rings. The second kappa shape index (κ2) is 5.27. The van der Waals surface area contributed by atoms with Gasteiger partial charge in [-0.2, -0.15) is 0 Å². The van der Waals surface area contributed by atoms with Gasteiger partial charge in [-0.25, -0.2) is 9.97 Å². The molecule has 0 spiro atoms. The van der Waals surface area contributed by atoms with Crippen molar-refractivity contribution in [1.82, 2.24) is 20.3 Å². The summed E-state index contributed by atoms with van der Waals surface area (Å²) < 4.78 is 0. The van der Waals surface area contributed by atoms with Gasteiger partial charge in [0.2, 0.25) is 0 Å². The number of anilines is 3. The summed E-state index contributed by atoms with van der Waals surface area (Å²) in [5, 5.41) is 6.77. The highest BCUT2D eigenvalue weighted by molar-refractivity contribution is 5.60. The third-order valence-corrected chi connectivity index (χ3v) is 3.38. The molecule has 2 aromatic rings. The van der Waals surface area contributed by atoms with Gasteiger partial charge in [-0.3, -0.25) is 0 Å². The first-order valence-electron chi connectivity index (χ1n) is 6.49. The van der Waals surface area contributed by atoms with E-state index in [1.807, 2.05) is 36.5 Å². The van der Waals surface area contributed by atoms with Crippen LogP contribution in [0.5, 0.6) is 0 Å². The molecule has 0 aliphatic carbocycles. The van der Waals surface area contributed by atoms with Crippen molar-refractivity contribution in [2.75, 3.05) is 30.4 Å². The van der Waals surface area contributed by atoms with Gasteiger partial charge >= 0.3 is 0 Å². The lowest BCUT2D eigenvalue weighted by Gasteiger charge is -2.18. The SMILES string of the molecule is CN(c1cc[nH]c1)c1cc(NC2CCNC2)ncn1. The zero-order chi connectivity index (χ0) is 13.1. The molecule has 0 amide bonds. The van der Waals surface area contributed by atoms with E-state index in [4.69, 9.17) is 0 Å². The highest BCUT2D eigenvalue weighted by Crippen LogP contribution is 2.22. The predicted molar refractivity (Wildman–Crippen MR) is 75.8 cm³/mol. The summed E-state index contributed by atoms with van der Waals surface area (Å²) in [6.45, 7) is 2.06. The van der Waals surface area contributed by atoms with Crippen molar-refractivity contribution in [2.24, 2.45) is 0 Å². The van der Waals surface area contributed by atoms with Gasteiger partial charge in [0.15, 0.2) is 0 Å². The zero-order valence-electron chi connectivity index (χ0n) is 10.9. The van der Waals surface area contributed by atoms with Gasteiger partial charge in [0.05, 0.1) is 5.69 Å². The molecule has 0 bridgehead atoms. The monoisotopic (exact) mass is 258 g/mol. The number of nitrogens with zero attached hydrogens (tertiary/aromatic N) is 3. The molecule has 6 nitrogen and oxygen atoms in total. The van der Waals surface area contributed by atoms with Crippen LogP contribution in [-0.4, -0.2) is 41.1 Å². The molecule has 1 unspecified atom stereocenters. The minimum absolute atomic E-state index is 0.459. The van der Waals surface area contributed by atoms with E-state index in [-0.39, 0.29) is 0 Å². The molecule has 3 heterocycles. The highest BCUT2D eigenvalue weighted by Gasteiger charge is 2.15. The Morgan fingerprint density at radius 1 is 1.42 bits per heavy atom. The summed E-state index contributed by atoms with van der Waals surface area (Å²) in [5.74, 6) is 1.75. The summed E-state index contributed by atoms with van der Waals surface area (Å²) in [4.78, 5) is 13.7. The van der Waals surface area contributed by atoms with Crippen LogP contribution < -0.4 is 15.5 Å². The average molecular weight is 258 g/mol. The Labute approximate surface area is 112 Å². The van der Waals surface area contributed by atoms with Gasteiger partial charge in [-0.15, -0.1) is 0 Å². The van der Waals surface area contributed by atoms with Gasteiger partial charge in [-0.05, 0) is 19.0 Å². The van der Waals surface area contributed by atoms with E-state index in [9.17, 15) is 0 Å². The third-order valence-electron chi connectivity index (χ3n) is 3.38. The van der Waals surface area contributed by atoms with Gasteiger partial charge in [0, 0.05) is 38.1 Å². The van der Waals surface area contributed by atoms with Crippen LogP contribution in [0.25, 0.3) is 0 Å². The van der Waals surface area contributed by atoms with E-state index >= 15 is 0 Å². The van der Waals surface area contributed by atoms with Crippen LogP contribution in [0.3, 0.4) is 0 Å². The fourth-order valence-corrected chi connectivity index (χ4v) is 2.25. The van der Waals surface area contributed by atoms with Crippen molar-refractivity contribution < 1.29 is 0 Å². The van der Waals surface area contributed by atoms with E-state index in [1.54, 1.807) is 6.33 Å². The Balaban J connectivity index is 1.75. The molecule has 100 valence electrons. The largest absolute Gasteiger partial charge is 0.366 e. The fourth-order valence-electron chi connectivity index (χ4n) is 2.25. The Hall–Kier alpha value is -2.08. The number of aromatic nitrogens is 3. The average Bonchev–Trinajstić information content (AvgIpc) is 3.11. The van der Waals surface area contributed by atoms with Gasteiger partial charge in [0.1, 0.15) is 18.0 Å². The second-order valence-electron chi connectivity index (χ2n) is 4.72. The molecular formula is C13H18N6. The van der Waals surface area contributed by atoms with Crippen molar-refractivity contribution in [3.05, 3.63) is 30.9 Å². The quantitative estimate of drug-likeness (QED) is 0.772. The first-order chi connectivity index (χ1) is 9.33. The number of rotatable bonds is 4. The Morgan fingerprint density at radius 3 is 3.11 bits per heavy atom. The van der Waals surface area contributed by atoms with E-state index in [0.717, 1.165) is 36.8 Å². The molecule has 1 fully saturated rings. The molecule has 0 radical (unpaired) electrons. The fraction of sp³-hybridized carbons (Fsp3) is 0.385. The van der Waals surface area contributed by atoms with Crippen LogP contribution in [0.2, 0.25) is 0 Å². The molecule has 1 saturated heterocycles. The maximum Gasteiger partial charge on any atom is 0.138 e. The molecule has 2 aromatic heterocycles. The van der Waals surface area contributed by atoms with Crippen molar-refractivity contribution >= 4 is 17.3 Å². The van der Waals surface area contributed by atoms with Crippen molar-refractivity contribution in [2.45, 2.75) is 12.5 Å². The van der Waals surface area contributed by atoms with Crippen LogP contribution >= 0.6 is 0 Å². The number of hydrogen-bond donors (Lipinski definition) is 3. The molecule has 3 rings (SSSR count). The third kappa shape index (κ3) is 2.68. The lowest BCUT2D eigenvalue weighted by atomic mass is 10.2. The molecule has 1 atom stereocenters. The van der Waals surface area contributed by atoms with Gasteiger partial charge in [0.25, 0.3) is 0 Å². The van der Waals surface area contributed by atoms with Crippen molar-refractivity contribution in [3.8, 4) is 0 Å². The summed E-state index contributed by atoms with van der Waals surface area (Å²) in [7, 11) is 1.99. The number of hydrogen-bond acceptors (Lipinski definition) is 5. The summed E-state index contributed by atoms with van der Waals surface area (Å²) in [6.07, 6.45) is 6.57. The number of aromatic amines is 1. The van der Waals surface area contributed by atoms with E-state index in [2.05, 4.69) is 25.6 Å². The van der Waals surface area contributed by atoms with Crippen molar-refractivity contribution in [3.63, 3.8) is 0 Å². The van der Waals surface area contributed by atoms with Crippen LogP contribution in [0, 0.1) is 0 Å². The normalized spacial score (nSPS) is 18.5. The smallest absolute Gasteiger partial charge is 0.138 e. The van der Waals surface area contributed by atoms with Gasteiger partial charge in [-0.1, -0.05) is 0 Å². The zero-order valence-corrected chi connectivity index (χ0v) is 10.9. The highest BCUT2D eigenvalue weighted by atomic mass is 15.2. The molecule has 6 heteroatoms. The summed E-state index contributed by atoms with van der Waals surface area (Å²) in [6, 6.07) is 4.45. The maximum absolute atomic E-state index is 4.32. The molecule has 1 aliphatic heterocycles. The second-order valence-corrected chi connectivity index (χ2v) is 4.72. The number of H-pyrrole nitrogens is 1. The molecular weight excluding hydrogens is 240 g/mol. The Morgan fingerprint density at radius 2 is 2.37 bits per heavy atom. The minimum atomic E-state index is 0.459. The van der Waals surface area contributed by atoms with Crippen LogP contribution in [0.1, 0.15) is 6.42 Å². The standard InChI is InChI=1S/C13H18N6/c1-19(11-3-5-15-8-11)13-6-12(16-9-17-13)18-10-2-4-14-7-10/h3,5-6,8-10,14-15H,2,4,7H2,1H3,(H,16,17,18). The van der Waals surface area contributed by atoms with Crippen LogP contribution in [-0.2, 0) is 0 Å². The van der Waals surface area contributed by atoms with Crippen LogP contribution in [0.4, 0.5) is 17.3 Å². The van der Waals surface area contributed by atoms with Crippen LogP contribution in [0.15, 0.2) is 30.9 Å². The predicted octanol–water partition coefficient (Wildman–Crippen LogP) is 1.35. The lowest BCUT2D eigenvalue weighted by Crippen LogP contribution is -2.23. The molecule has 3 N–H and O–H groups in total. The topological polar surface area (TPSA) is 68.9 Å². The van der Waals surface area contributed by atoms with Crippen molar-refractivity contribution in [1.29, 1.82) is 0 Å². The Kier molecular flexibility index (Phi) is 3.33. The lowest BCUT2D eigenvalue weighted by molar-refractivity contribution is 0.786. The summed E-state index contributed by atoms with van der Waals surface area (Å²) >= 11 is 0. The minimum Gasteiger partial charge on any atom is -0.366 e. The number of nitrogens with one attached hydrogen (secondary N) is 3. The first kappa shape index (κ1) is 12.0. The Bertz CT molecular complexity index is 518. The van der Waals surface area contributed by atoms with E-state index in [1.165, 1.54) is 0 Å². The molecule has 0 saturated carbocycles. The van der Waals surface area contributed by atoms with Gasteiger partial charge < -0.3 is 20.5 Å². The summed E-state index contributed by atoms with van der Waals surface area (Å²) in [5.41, 5.74) is 1.08. The first-order valence-corrected chi connectivity index (χ1v) is 6.49. The van der Waals surface area contributed by atoms with E-state index < -0.39 is 0 Å². The van der Waals surface area contributed by atoms with E-state index in [0.29, 0.717) is 6.04 Å².